The van der Waals surface area contributed by atoms with Crippen molar-refractivity contribution >= 4 is 15.7 Å². The number of sulfonamides is 1. The summed E-state index contributed by atoms with van der Waals surface area (Å²) >= 11 is 0. The highest BCUT2D eigenvalue weighted by molar-refractivity contribution is 7.92. The third-order valence-electron chi connectivity index (χ3n) is 1.80. The van der Waals surface area contributed by atoms with Gasteiger partial charge in [-0.3, -0.25) is 4.72 Å². The highest BCUT2D eigenvalue weighted by Crippen LogP contribution is 2.08. The summed E-state index contributed by atoms with van der Waals surface area (Å²) in [5.41, 5.74) is 0.232. The molecular weight excluding hydrogens is 247 g/mol. The first kappa shape index (κ1) is 13.9. The molecule has 0 unspecified atom stereocenters. The zero-order valence-electron chi connectivity index (χ0n) is 9.68. The monoisotopic (exact) mass is 262 g/mol. The molecule has 0 bridgehead atoms. The largest absolute Gasteiger partial charge is 0.378 e. The van der Waals surface area contributed by atoms with Gasteiger partial charge in [0, 0.05) is 0 Å². The van der Waals surface area contributed by atoms with E-state index >= 15 is 0 Å². The molecule has 0 aliphatic rings. The highest BCUT2D eigenvalue weighted by atomic mass is 32.2. The maximum absolute atomic E-state index is 12.5. The van der Waals surface area contributed by atoms with Crippen LogP contribution >= 0.6 is 0 Å². The number of hydrogen-bond donors (Lipinski definition) is 1. The number of pyridine rings is 1. The summed E-state index contributed by atoms with van der Waals surface area (Å²) in [6.45, 7) is 3.76. The quantitative estimate of drug-likeness (QED) is 0.787. The first-order chi connectivity index (χ1) is 7.89. The van der Waals surface area contributed by atoms with Gasteiger partial charge < -0.3 is 4.74 Å². The fourth-order valence-electron chi connectivity index (χ4n) is 1.06. The van der Waals surface area contributed by atoms with Crippen LogP contribution in [0.2, 0.25) is 0 Å². The lowest BCUT2D eigenvalue weighted by molar-refractivity contribution is 0.0913. The van der Waals surface area contributed by atoms with Crippen LogP contribution in [0.4, 0.5) is 10.1 Å². The Kier molecular flexibility index (Phi) is 4.83. The second-order valence-electron chi connectivity index (χ2n) is 3.71. The number of anilines is 1. The normalized spacial score (nSPS) is 11.8. The second kappa shape index (κ2) is 5.92. The van der Waals surface area contributed by atoms with E-state index in [1.807, 2.05) is 13.8 Å². The van der Waals surface area contributed by atoms with Crippen molar-refractivity contribution in [1.82, 2.24) is 4.98 Å². The molecule has 7 heteroatoms. The molecule has 1 N–H and O–H groups in total. The summed E-state index contributed by atoms with van der Waals surface area (Å²) in [5, 5.41) is 0. The van der Waals surface area contributed by atoms with Gasteiger partial charge in [-0.2, -0.15) is 4.39 Å². The van der Waals surface area contributed by atoms with E-state index < -0.39 is 16.0 Å². The molecule has 96 valence electrons. The Morgan fingerprint density at radius 3 is 2.71 bits per heavy atom. The minimum atomic E-state index is -3.48. The molecule has 5 nitrogen and oxygen atoms in total. The van der Waals surface area contributed by atoms with Crippen molar-refractivity contribution in [3.05, 3.63) is 24.3 Å². The lowest BCUT2D eigenvalue weighted by atomic mass is 10.4. The first-order valence-electron chi connectivity index (χ1n) is 5.13. The van der Waals surface area contributed by atoms with Gasteiger partial charge in [0.25, 0.3) is 0 Å². The number of hydrogen-bond acceptors (Lipinski definition) is 4. The van der Waals surface area contributed by atoms with Gasteiger partial charge in [-0.05, 0) is 26.0 Å². The summed E-state index contributed by atoms with van der Waals surface area (Å²) in [6.07, 6.45) is 1.11. The molecule has 0 saturated heterocycles. The van der Waals surface area contributed by atoms with E-state index in [2.05, 4.69) is 9.71 Å². The minimum absolute atomic E-state index is 0.0160. The van der Waals surface area contributed by atoms with Gasteiger partial charge in [0.1, 0.15) is 0 Å². The van der Waals surface area contributed by atoms with Gasteiger partial charge in [-0.1, -0.05) is 0 Å². The number of rotatable bonds is 6. The summed E-state index contributed by atoms with van der Waals surface area (Å²) in [5.74, 6) is -0.807. The standard InChI is InChI=1S/C10H15FN2O3S/c1-8(2)16-5-6-17(14,15)13-9-3-4-10(11)12-7-9/h3-4,7-8,13H,5-6H2,1-2H3. The Balaban J connectivity index is 2.52. The third kappa shape index (κ3) is 5.60. The maximum atomic E-state index is 12.5. The van der Waals surface area contributed by atoms with Crippen molar-refractivity contribution < 1.29 is 17.5 Å². The zero-order valence-corrected chi connectivity index (χ0v) is 10.5. The van der Waals surface area contributed by atoms with Crippen molar-refractivity contribution in [2.24, 2.45) is 0 Å². The molecule has 0 aliphatic heterocycles. The van der Waals surface area contributed by atoms with Crippen LogP contribution in [0.25, 0.3) is 0 Å². The Morgan fingerprint density at radius 2 is 2.18 bits per heavy atom. The zero-order chi connectivity index (χ0) is 12.9. The van der Waals surface area contributed by atoms with Crippen molar-refractivity contribution in [1.29, 1.82) is 0 Å². The van der Waals surface area contributed by atoms with E-state index in [0.29, 0.717) is 0 Å². The summed E-state index contributed by atoms with van der Waals surface area (Å²) in [7, 11) is -3.48. The maximum Gasteiger partial charge on any atom is 0.235 e. The summed E-state index contributed by atoms with van der Waals surface area (Å²) in [6, 6.07) is 2.39. The molecule has 0 atom stereocenters. The van der Waals surface area contributed by atoms with Crippen LogP contribution in [0.3, 0.4) is 0 Å². The number of nitrogens with zero attached hydrogens (tertiary/aromatic N) is 1. The molecule has 0 aliphatic carbocycles. The van der Waals surface area contributed by atoms with Crippen molar-refractivity contribution in [3.63, 3.8) is 0 Å². The molecule has 0 spiro atoms. The molecule has 0 aromatic carbocycles. The molecule has 17 heavy (non-hydrogen) atoms. The van der Waals surface area contributed by atoms with E-state index in [1.54, 1.807) is 0 Å². The molecule has 0 fully saturated rings. The van der Waals surface area contributed by atoms with E-state index in [-0.39, 0.29) is 24.2 Å². The first-order valence-corrected chi connectivity index (χ1v) is 6.78. The number of nitrogens with one attached hydrogen (secondary N) is 1. The fraction of sp³-hybridized carbons (Fsp3) is 0.500. The van der Waals surface area contributed by atoms with Gasteiger partial charge in [-0.25, -0.2) is 13.4 Å². The van der Waals surface area contributed by atoms with Crippen molar-refractivity contribution in [3.8, 4) is 0 Å². The number of ether oxygens (including phenoxy) is 1. The predicted molar refractivity (Wildman–Crippen MR) is 62.7 cm³/mol. The predicted octanol–water partition coefficient (Wildman–Crippen LogP) is 1.39. The SMILES string of the molecule is CC(C)OCCS(=O)(=O)Nc1ccc(F)nc1. The highest BCUT2D eigenvalue weighted by Gasteiger charge is 2.11. The Morgan fingerprint density at radius 1 is 1.47 bits per heavy atom. The molecule has 1 heterocycles. The smallest absolute Gasteiger partial charge is 0.235 e. The molecule has 0 saturated carbocycles. The van der Waals surface area contributed by atoms with Crippen LogP contribution < -0.4 is 4.72 Å². The second-order valence-corrected chi connectivity index (χ2v) is 5.55. The molecule has 1 aromatic rings. The Bertz CT molecular complexity index is 445. The molecule has 1 rings (SSSR count). The van der Waals surface area contributed by atoms with E-state index in [1.165, 1.54) is 6.07 Å². The molecule has 0 radical (unpaired) electrons. The van der Waals surface area contributed by atoms with Crippen LogP contribution in [0.5, 0.6) is 0 Å². The number of halogens is 1. The Hall–Kier alpha value is -1.21. The molecule has 1 aromatic heterocycles. The molecular formula is C10H15FN2O3S. The van der Waals surface area contributed by atoms with Crippen LogP contribution in [-0.2, 0) is 14.8 Å². The van der Waals surface area contributed by atoms with Gasteiger partial charge in [0.15, 0.2) is 0 Å². The minimum Gasteiger partial charge on any atom is -0.378 e. The molecule has 0 amide bonds. The van der Waals surface area contributed by atoms with Crippen molar-refractivity contribution in [2.45, 2.75) is 20.0 Å². The topological polar surface area (TPSA) is 68.3 Å². The average Bonchev–Trinajstić information content (AvgIpc) is 2.20. The van der Waals surface area contributed by atoms with Gasteiger partial charge in [0.05, 0.1) is 30.3 Å². The van der Waals surface area contributed by atoms with E-state index in [0.717, 1.165) is 12.3 Å². The van der Waals surface area contributed by atoms with Crippen LogP contribution in [-0.4, -0.2) is 31.9 Å². The van der Waals surface area contributed by atoms with Crippen LogP contribution in [0.1, 0.15) is 13.8 Å². The van der Waals surface area contributed by atoms with Gasteiger partial charge in [-0.15, -0.1) is 0 Å². The van der Waals surface area contributed by atoms with Crippen molar-refractivity contribution in [2.75, 3.05) is 17.1 Å². The van der Waals surface area contributed by atoms with Gasteiger partial charge in [0.2, 0.25) is 16.0 Å². The fourth-order valence-corrected chi connectivity index (χ4v) is 1.96. The number of aromatic nitrogens is 1. The lowest BCUT2D eigenvalue weighted by Gasteiger charge is -2.09. The van der Waals surface area contributed by atoms with Crippen LogP contribution in [0.15, 0.2) is 18.3 Å². The van der Waals surface area contributed by atoms with E-state index in [4.69, 9.17) is 4.74 Å². The third-order valence-corrected chi connectivity index (χ3v) is 3.05. The van der Waals surface area contributed by atoms with Crippen LogP contribution in [0, 0.1) is 5.95 Å². The summed E-state index contributed by atoms with van der Waals surface area (Å²) < 4.78 is 43.0. The average molecular weight is 262 g/mol. The van der Waals surface area contributed by atoms with Gasteiger partial charge >= 0.3 is 0 Å². The lowest BCUT2D eigenvalue weighted by Crippen LogP contribution is -2.21. The Labute approximate surface area is 100 Å². The van der Waals surface area contributed by atoms with E-state index in [9.17, 15) is 12.8 Å². The summed E-state index contributed by atoms with van der Waals surface area (Å²) in [4.78, 5) is 3.35.